The highest BCUT2D eigenvalue weighted by atomic mass is 15.2. The molecule has 2 nitrogen and oxygen atoms in total. The molecule has 2 fully saturated rings. The van der Waals surface area contributed by atoms with Crippen molar-refractivity contribution < 1.29 is 0 Å². The van der Waals surface area contributed by atoms with E-state index in [1.807, 2.05) is 0 Å². The summed E-state index contributed by atoms with van der Waals surface area (Å²) in [5.41, 5.74) is 6.01. The van der Waals surface area contributed by atoms with Crippen LogP contribution in [-0.4, -0.2) is 24.2 Å². The Morgan fingerprint density at radius 1 is 1.08 bits per heavy atom. The summed E-state index contributed by atoms with van der Waals surface area (Å²) in [5.74, 6) is 0.962. The molecule has 0 spiro atoms. The van der Waals surface area contributed by atoms with E-state index in [1.165, 1.54) is 38.5 Å². The minimum absolute atomic E-state index is 0.337. The van der Waals surface area contributed by atoms with Gasteiger partial charge in [-0.15, -0.1) is 0 Å². The van der Waals surface area contributed by atoms with Crippen LogP contribution in [0.2, 0.25) is 0 Å². The van der Waals surface area contributed by atoms with Gasteiger partial charge in [0, 0.05) is 6.04 Å². The third kappa shape index (κ3) is 1.38. The number of nitrogens with two attached hydrogens (primary N) is 1. The number of likely N-dealkylation sites (tertiary alicyclic amines) is 1. The first-order valence-electron chi connectivity index (χ1n) is 5.26. The SMILES string of the molecule is CN1C2CCCC[C@H]2CC[C@H]1N. The van der Waals surface area contributed by atoms with Gasteiger partial charge in [0.1, 0.15) is 0 Å². The van der Waals surface area contributed by atoms with Crippen LogP contribution in [-0.2, 0) is 0 Å². The number of nitrogens with zero attached hydrogens (tertiary/aromatic N) is 1. The van der Waals surface area contributed by atoms with Gasteiger partial charge in [-0.2, -0.15) is 0 Å². The fraction of sp³-hybridized carbons (Fsp3) is 1.00. The highest BCUT2D eigenvalue weighted by Crippen LogP contribution is 2.35. The Kier molecular flexibility index (Phi) is 2.37. The Bertz CT molecular complexity index is 156. The molecule has 0 aromatic rings. The summed E-state index contributed by atoms with van der Waals surface area (Å²) in [7, 11) is 2.20. The Morgan fingerprint density at radius 2 is 1.83 bits per heavy atom. The summed E-state index contributed by atoms with van der Waals surface area (Å²) in [6.45, 7) is 0. The molecular weight excluding hydrogens is 148 g/mol. The summed E-state index contributed by atoms with van der Waals surface area (Å²) in [5, 5.41) is 0. The lowest BCUT2D eigenvalue weighted by atomic mass is 9.78. The minimum Gasteiger partial charge on any atom is -0.316 e. The maximum atomic E-state index is 6.01. The normalized spacial score (nSPS) is 44.0. The van der Waals surface area contributed by atoms with E-state index in [0.717, 1.165) is 12.0 Å². The summed E-state index contributed by atoms with van der Waals surface area (Å²) >= 11 is 0. The average Bonchev–Trinajstić information content (AvgIpc) is 2.12. The van der Waals surface area contributed by atoms with Gasteiger partial charge in [-0.05, 0) is 38.6 Å². The summed E-state index contributed by atoms with van der Waals surface area (Å²) in [6.07, 6.45) is 8.61. The van der Waals surface area contributed by atoms with E-state index in [-0.39, 0.29) is 0 Å². The minimum atomic E-state index is 0.337. The van der Waals surface area contributed by atoms with Crippen LogP contribution in [0, 0.1) is 5.92 Å². The number of hydrogen-bond acceptors (Lipinski definition) is 2. The molecule has 0 amide bonds. The summed E-state index contributed by atoms with van der Waals surface area (Å²) < 4.78 is 0. The molecule has 0 aromatic heterocycles. The Morgan fingerprint density at radius 3 is 2.67 bits per heavy atom. The molecule has 2 rings (SSSR count). The van der Waals surface area contributed by atoms with E-state index in [9.17, 15) is 0 Å². The first kappa shape index (κ1) is 8.52. The first-order chi connectivity index (χ1) is 5.79. The van der Waals surface area contributed by atoms with E-state index >= 15 is 0 Å². The predicted octanol–water partition coefficient (Wildman–Crippen LogP) is 1.56. The second-order valence-electron chi connectivity index (χ2n) is 4.42. The fourth-order valence-corrected chi connectivity index (χ4v) is 2.90. The fourth-order valence-electron chi connectivity index (χ4n) is 2.90. The maximum absolute atomic E-state index is 6.01. The van der Waals surface area contributed by atoms with Crippen molar-refractivity contribution in [1.29, 1.82) is 0 Å². The van der Waals surface area contributed by atoms with Gasteiger partial charge in [0.05, 0.1) is 6.17 Å². The number of rotatable bonds is 0. The van der Waals surface area contributed by atoms with Crippen LogP contribution in [0.5, 0.6) is 0 Å². The molecule has 2 aliphatic rings. The Hall–Kier alpha value is -0.0800. The molecule has 2 N–H and O–H groups in total. The third-order valence-electron chi connectivity index (χ3n) is 3.75. The monoisotopic (exact) mass is 168 g/mol. The van der Waals surface area contributed by atoms with Gasteiger partial charge >= 0.3 is 0 Å². The summed E-state index contributed by atoms with van der Waals surface area (Å²) in [6, 6.07) is 0.808. The topological polar surface area (TPSA) is 29.3 Å². The molecule has 1 aliphatic carbocycles. The van der Waals surface area contributed by atoms with Crippen LogP contribution in [0.3, 0.4) is 0 Å². The average molecular weight is 168 g/mol. The molecule has 0 aromatic carbocycles. The maximum Gasteiger partial charge on any atom is 0.0571 e. The largest absolute Gasteiger partial charge is 0.316 e. The van der Waals surface area contributed by atoms with Crippen molar-refractivity contribution >= 4 is 0 Å². The molecule has 70 valence electrons. The molecule has 1 heterocycles. The third-order valence-corrected chi connectivity index (χ3v) is 3.75. The van der Waals surface area contributed by atoms with Crippen molar-refractivity contribution in [1.82, 2.24) is 4.90 Å². The van der Waals surface area contributed by atoms with Gasteiger partial charge in [0.15, 0.2) is 0 Å². The first-order valence-corrected chi connectivity index (χ1v) is 5.26. The van der Waals surface area contributed by atoms with Crippen LogP contribution in [0.1, 0.15) is 38.5 Å². The zero-order valence-corrected chi connectivity index (χ0v) is 8.00. The van der Waals surface area contributed by atoms with E-state index in [4.69, 9.17) is 5.73 Å². The molecule has 1 saturated carbocycles. The molecule has 1 aliphatic heterocycles. The van der Waals surface area contributed by atoms with Crippen molar-refractivity contribution in [3.63, 3.8) is 0 Å². The lowest BCUT2D eigenvalue weighted by Crippen LogP contribution is -2.53. The molecule has 0 radical (unpaired) electrons. The van der Waals surface area contributed by atoms with Crippen molar-refractivity contribution in [3.05, 3.63) is 0 Å². The van der Waals surface area contributed by atoms with E-state index in [2.05, 4.69) is 11.9 Å². The second-order valence-corrected chi connectivity index (χ2v) is 4.42. The van der Waals surface area contributed by atoms with E-state index in [1.54, 1.807) is 0 Å². The lowest BCUT2D eigenvalue weighted by Gasteiger charge is -2.45. The van der Waals surface area contributed by atoms with Crippen LogP contribution < -0.4 is 5.73 Å². The van der Waals surface area contributed by atoms with Crippen molar-refractivity contribution in [2.24, 2.45) is 11.7 Å². The quantitative estimate of drug-likeness (QED) is 0.594. The van der Waals surface area contributed by atoms with Crippen molar-refractivity contribution in [3.8, 4) is 0 Å². The predicted molar refractivity (Wildman–Crippen MR) is 50.7 cm³/mol. The molecular formula is C10H20N2. The van der Waals surface area contributed by atoms with Crippen LogP contribution in [0.4, 0.5) is 0 Å². The zero-order valence-electron chi connectivity index (χ0n) is 8.00. The molecule has 3 atom stereocenters. The van der Waals surface area contributed by atoms with Crippen molar-refractivity contribution in [2.45, 2.75) is 50.7 Å². The van der Waals surface area contributed by atoms with Crippen LogP contribution in [0.15, 0.2) is 0 Å². The van der Waals surface area contributed by atoms with E-state index in [0.29, 0.717) is 6.17 Å². The Balaban J connectivity index is 2.03. The number of piperidine rings is 1. The van der Waals surface area contributed by atoms with Gasteiger partial charge in [-0.3, -0.25) is 4.90 Å². The van der Waals surface area contributed by atoms with Crippen LogP contribution >= 0.6 is 0 Å². The van der Waals surface area contributed by atoms with Gasteiger partial charge in [-0.1, -0.05) is 12.8 Å². The smallest absolute Gasteiger partial charge is 0.0571 e. The number of hydrogen-bond donors (Lipinski definition) is 1. The Labute approximate surface area is 75.1 Å². The van der Waals surface area contributed by atoms with E-state index < -0.39 is 0 Å². The van der Waals surface area contributed by atoms with Gasteiger partial charge in [0.2, 0.25) is 0 Å². The molecule has 2 heteroatoms. The molecule has 12 heavy (non-hydrogen) atoms. The highest BCUT2D eigenvalue weighted by molar-refractivity contribution is 4.88. The van der Waals surface area contributed by atoms with Gasteiger partial charge in [-0.25, -0.2) is 0 Å². The molecule has 1 saturated heterocycles. The van der Waals surface area contributed by atoms with Crippen molar-refractivity contribution in [2.75, 3.05) is 7.05 Å². The highest BCUT2D eigenvalue weighted by Gasteiger charge is 2.34. The van der Waals surface area contributed by atoms with Gasteiger partial charge in [0.25, 0.3) is 0 Å². The molecule has 1 unspecified atom stereocenters. The standard InChI is InChI=1S/C10H20N2/c1-12-9-5-3-2-4-8(9)6-7-10(12)11/h8-10H,2-7,11H2,1H3/t8-,9?,10-/m0/s1. The number of fused-ring (bicyclic) bond motifs is 1. The molecule has 0 bridgehead atoms. The zero-order chi connectivity index (χ0) is 8.55. The van der Waals surface area contributed by atoms with Gasteiger partial charge < -0.3 is 5.73 Å². The lowest BCUT2D eigenvalue weighted by molar-refractivity contribution is 0.0397. The summed E-state index contributed by atoms with van der Waals surface area (Å²) in [4.78, 5) is 2.41. The second kappa shape index (κ2) is 3.35. The van der Waals surface area contributed by atoms with Crippen LogP contribution in [0.25, 0.3) is 0 Å².